The quantitative estimate of drug-likeness (QED) is 0.848. The molecule has 5 heteroatoms. The van der Waals surface area contributed by atoms with E-state index >= 15 is 0 Å². The fraction of sp³-hybridized carbons (Fsp3) is 0.500. The van der Waals surface area contributed by atoms with Crippen molar-refractivity contribution in [1.29, 1.82) is 0 Å². The second-order valence-electron chi connectivity index (χ2n) is 4.68. The average Bonchev–Trinajstić information content (AvgIpc) is 2.48. The fourth-order valence-corrected chi connectivity index (χ4v) is 2.16. The number of methoxy groups -OCH3 is 1. The minimum atomic E-state index is -0.107. The Morgan fingerprint density at radius 3 is 2.53 bits per heavy atom. The highest BCUT2D eigenvalue weighted by atomic mass is 16.5. The predicted molar refractivity (Wildman–Crippen MR) is 75.5 cm³/mol. The zero-order valence-electron chi connectivity index (χ0n) is 11.5. The van der Waals surface area contributed by atoms with Gasteiger partial charge in [0.15, 0.2) is 0 Å². The highest BCUT2D eigenvalue weighted by Crippen LogP contribution is 2.15. The average molecular weight is 263 g/mol. The van der Waals surface area contributed by atoms with E-state index in [1.54, 1.807) is 7.11 Å². The van der Waals surface area contributed by atoms with Crippen LogP contribution in [0.3, 0.4) is 0 Å². The van der Waals surface area contributed by atoms with E-state index in [1.165, 1.54) is 0 Å². The topological polar surface area (TPSA) is 53.6 Å². The summed E-state index contributed by atoms with van der Waals surface area (Å²) in [5.41, 5.74) is 0.799. The summed E-state index contributed by atoms with van der Waals surface area (Å²) in [6.07, 6.45) is 0. The minimum Gasteiger partial charge on any atom is -0.497 e. The third-order valence-electron chi connectivity index (χ3n) is 3.44. The van der Waals surface area contributed by atoms with E-state index in [-0.39, 0.29) is 11.9 Å². The van der Waals surface area contributed by atoms with E-state index in [4.69, 9.17) is 4.74 Å². The maximum absolute atomic E-state index is 12.2. The largest absolute Gasteiger partial charge is 0.497 e. The zero-order valence-corrected chi connectivity index (χ0v) is 11.5. The van der Waals surface area contributed by atoms with Gasteiger partial charge in [0.2, 0.25) is 5.91 Å². The van der Waals surface area contributed by atoms with Gasteiger partial charge >= 0.3 is 0 Å². The maximum atomic E-state index is 12.2. The summed E-state index contributed by atoms with van der Waals surface area (Å²) in [4.78, 5) is 14.4. The molecule has 1 amide bonds. The summed E-state index contributed by atoms with van der Waals surface area (Å²) in [5, 5.41) is 6.22. The van der Waals surface area contributed by atoms with Crippen LogP contribution in [0, 0.1) is 0 Å². The van der Waals surface area contributed by atoms with E-state index in [0.29, 0.717) is 0 Å². The van der Waals surface area contributed by atoms with Crippen molar-refractivity contribution in [3.05, 3.63) is 24.3 Å². The number of nitrogens with one attached hydrogen (secondary N) is 2. The van der Waals surface area contributed by atoms with Gasteiger partial charge in [0.05, 0.1) is 13.2 Å². The standard InChI is InChI=1S/C14H21N3O2/c1-11(17-9-7-15-8-10-17)14(18)16-12-3-5-13(19-2)6-4-12/h3-6,11,15H,7-10H2,1-2H3,(H,16,18). The molecule has 104 valence electrons. The number of hydrogen-bond acceptors (Lipinski definition) is 4. The van der Waals surface area contributed by atoms with Crippen LogP contribution in [-0.2, 0) is 4.79 Å². The molecule has 1 fully saturated rings. The Morgan fingerprint density at radius 1 is 1.32 bits per heavy atom. The molecular formula is C14H21N3O2. The Morgan fingerprint density at radius 2 is 1.95 bits per heavy atom. The molecular weight excluding hydrogens is 242 g/mol. The number of carbonyl (C=O) groups is 1. The second-order valence-corrected chi connectivity index (χ2v) is 4.68. The van der Waals surface area contributed by atoms with E-state index < -0.39 is 0 Å². The van der Waals surface area contributed by atoms with E-state index in [9.17, 15) is 4.79 Å². The molecule has 2 N–H and O–H groups in total. The van der Waals surface area contributed by atoms with Crippen molar-refractivity contribution in [2.45, 2.75) is 13.0 Å². The molecule has 1 saturated heterocycles. The van der Waals surface area contributed by atoms with Crippen molar-refractivity contribution >= 4 is 11.6 Å². The Balaban J connectivity index is 1.91. The molecule has 1 unspecified atom stereocenters. The molecule has 0 spiro atoms. The number of ether oxygens (including phenoxy) is 1. The first kappa shape index (κ1) is 13.8. The van der Waals surface area contributed by atoms with Gasteiger partial charge in [-0.15, -0.1) is 0 Å². The predicted octanol–water partition coefficient (Wildman–Crippen LogP) is 0.927. The molecule has 5 nitrogen and oxygen atoms in total. The van der Waals surface area contributed by atoms with Gasteiger partial charge in [-0.25, -0.2) is 0 Å². The molecule has 1 aromatic rings. The van der Waals surface area contributed by atoms with Crippen LogP contribution in [0.1, 0.15) is 6.92 Å². The van der Waals surface area contributed by atoms with Gasteiger partial charge < -0.3 is 15.4 Å². The Labute approximate surface area is 113 Å². The Bertz CT molecular complexity index is 413. The van der Waals surface area contributed by atoms with Crippen molar-refractivity contribution in [2.24, 2.45) is 0 Å². The van der Waals surface area contributed by atoms with Crippen LogP contribution in [0.2, 0.25) is 0 Å². The number of amides is 1. The van der Waals surface area contributed by atoms with Gasteiger partial charge in [0, 0.05) is 31.9 Å². The molecule has 0 aromatic heterocycles. The molecule has 1 atom stereocenters. The summed E-state index contributed by atoms with van der Waals surface area (Å²) in [6, 6.07) is 7.27. The molecule has 2 rings (SSSR count). The minimum absolute atomic E-state index is 0.0343. The Kier molecular flexibility index (Phi) is 4.76. The first-order valence-electron chi connectivity index (χ1n) is 6.60. The number of piperazine rings is 1. The number of anilines is 1. The van der Waals surface area contributed by atoms with Crippen molar-refractivity contribution in [2.75, 3.05) is 38.6 Å². The third-order valence-corrected chi connectivity index (χ3v) is 3.44. The summed E-state index contributed by atoms with van der Waals surface area (Å²) in [5.74, 6) is 0.820. The smallest absolute Gasteiger partial charge is 0.241 e. The van der Waals surface area contributed by atoms with E-state index in [0.717, 1.165) is 37.6 Å². The van der Waals surface area contributed by atoms with Crippen molar-refractivity contribution < 1.29 is 9.53 Å². The highest BCUT2D eigenvalue weighted by Gasteiger charge is 2.22. The molecule has 1 heterocycles. The maximum Gasteiger partial charge on any atom is 0.241 e. The lowest BCUT2D eigenvalue weighted by molar-refractivity contribution is -0.120. The van der Waals surface area contributed by atoms with Gasteiger partial charge in [-0.1, -0.05) is 0 Å². The summed E-state index contributed by atoms with van der Waals surface area (Å²) < 4.78 is 5.09. The molecule has 0 bridgehead atoms. The lowest BCUT2D eigenvalue weighted by Gasteiger charge is -2.31. The Hall–Kier alpha value is -1.59. The monoisotopic (exact) mass is 263 g/mol. The van der Waals surface area contributed by atoms with E-state index in [1.807, 2.05) is 31.2 Å². The number of benzene rings is 1. The van der Waals surface area contributed by atoms with Crippen LogP contribution in [0.4, 0.5) is 5.69 Å². The van der Waals surface area contributed by atoms with Crippen LogP contribution >= 0.6 is 0 Å². The highest BCUT2D eigenvalue weighted by molar-refractivity contribution is 5.94. The van der Waals surface area contributed by atoms with Crippen LogP contribution in [0.5, 0.6) is 5.75 Å². The molecule has 19 heavy (non-hydrogen) atoms. The number of hydrogen-bond donors (Lipinski definition) is 2. The molecule has 1 aromatic carbocycles. The van der Waals surface area contributed by atoms with Gasteiger partial charge in [0.25, 0.3) is 0 Å². The molecule has 0 saturated carbocycles. The molecule has 0 radical (unpaired) electrons. The number of rotatable bonds is 4. The van der Waals surface area contributed by atoms with Gasteiger partial charge in [-0.05, 0) is 31.2 Å². The van der Waals surface area contributed by atoms with Crippen molar-refractivity contribution in [1.82, 2.24) is 10.2 Å². The van der Waals surface area contributed by atoms with Crippen LogP contribution in [-0.4, -0.2) is 50.1 Å². The van der Waals surface area contributed by atoms with Crippen LogP contribution in [0.25, 0.3) is 0 Å². The lowest BCUT2D eigenvalue weighted by atomic mass is 10.2. The van der Waals surface area contributed by atoms with Crippen molar-refractivity contribution in [3.63, 3.8) is 0 Å². The second kappa shape index (κ2) is 6.54. The van der Waals surface area contributed by atoms with E-state index in [2.05, 4.69) is 15.5 Å². The van der Waals surface area contributed by atoms with Gasteiger partial charge in [-0.3, -0.25) is 9.69 Å². The first-order valence-corrected chi connectivity index (χ1v) is 6.60. The van der Waals surface area contributed by atoms with Gasteiger partial charge in [-0.2, -0.15) is 0 Å². The normalized spacial score (nSPS) is 17.8. The van der Waals surface area contributed by atoms with Crippen molar-refractivity contribution in [3.8, 4) is 5.75 Å². The lowest BCUT2D eigenvalue weighted by Crippen LogP contribution is -2.51. The van der Waals surface area contributed by atoms with Gasteiger partial charge in [0.1, 0.15) is 5.75 Å². The SMILES string of the molecule is COc1ccc(NC(=O)C(C)N2CCNCC2)cc1. The molecule has 0 aliphatic carbocycles. The summed E-state index contributed by atoms with van der Waals surface area (Å²) in [7, 11) is 1.63. The third kappa shape index (κ3) is 3.68. The number of carbonyl (C=O) groups excluding carboxylic acids is 1. The van der Waals surface area contributed by atoms with Crippen LogP contribution < -0.4 is 15.4 Å². The fourth-order valence-electron chi connectivity index (χ4n) is 2.16. The first-order chi connectivity index (χ1) is 9.20. The molecule has 1 aliphatic heterocycles. The zero-order chi connectivity index (χ0) is 13.7. The molecule has 1 aliphatic rings. The number of nitrogens with zero attached hydrogens (tertiary/aromatic N) is 1. The summed E-state index contributed by atoms with van der Waals surface area (Å²) in [6.45, 7) is 5.67. The summed E-state index contributed by atoms with van der Waals surface area (Å²) >= 11 is 0. The van der Waals surface area contributed by atoms with Crippen LogP contribution in [0.15, 0.2) is 24.3 Å².